The molecule has 0 unspecified atom stereocenters. The Morgan fingerprint density at radius 3 is 2.56 bits per heavy atom. The minimum atomic E-state index is -0.373. The van der Waals surface area contributed by atoms with Gasteiger partial charge in [-0.3, -0.25) is 14.4 Å². The lowest BCUT2D eigenvalue weighted by molar-refractivity contribution is -0.128. The third kappa shape index (κ3) is 5.39. The van der Waals surface area contributed by atoms with E-state index in [2.05, 4.69) is 15.6 Å². The first-order valence-electron chi connectivity index (χ1n) is 10.4. The van der Waals surface area contributed by atoms with Gasteiger partial charge in [-0.1, -0.05) is 42.5 Å². The van der Waals surface area contributed by atoms with Crippen LogP contribution in [0.4, 0.5) is 10.8 Å². The van der Waals surface area contributed by atoms with Crippen molar-refractivity contribution in [2.75, 3.05) is 23.7 Å². The maximum atomic E-state index is 12.7. The molecule has 2 aromatic carbocycles. The second kappa shape index (κ2) is 9.74. The molecule has 164 valence electrons. The number of hydrogen-bond acceptors (Lipinski definition) is 5. The number of carbonyl (C=O) groups excluding carboxylic acids is 3. The molecule has 2 N–H and O–H groups in total. The Bertz CT molecular complexity index is 1110. The Morgan fingerprint density at radius 2 is 1.84 bits per heavy atom. The number of rotatable bonds is 7. The van der Waals surface area contributed by atoms with Crippen molar-refractivity contribution in [1.82, 2.24) is 9.88 Å². The monoisotopic (exact) mass is 448 g/mol. The first-order valence-corrected chi connectivity index (χ1v) is 11.3. The highest BCUT2D eigenvalue weighted by Crippen LogP contribution is 2.27. The molecule has 2 heterocycles. The van der Waals surface area contributed by atoms with Gasteiger partial charge in [-0.2, -0.15) is 0 Å². The maximum absolute atomic E-state index is 12.7. The lowest BCUT2D eigenvalue weighted by Gasteiger charge is -2.16. The smallest absolute Gasteiger partial charge is 0.231 e. The molecule has 3 amide bonds. The van der Waals surface area contributed by atoms with Crippen LogP contribution in [-0.4, -0.2) is 40.7 Å². The van der Waals surface area contributed by atoms with Crippen molar-refractivity contribution in [2.45, 2.75) is 19.8 Å². The highest BCUT2D eigenvalue weighted by atomic mass is 32.1. The molecule has 1 atom stereocenters. The van der Waals surface area contributed by atoms with Crippen LogP contribution in [-0.2, 0) is 20.8 Å². The quantitative estimate of drug-likeness (QED) is 0.575. The summed E-state index contributed by atoms with van der Waals surface area (Å²) in [4.78, 5) is 42.5. The first kappa shape index (κ1) is 21.7. The van der Waals surface area contributed by atoms with Crippen LogP contribution in [0, 0.1) is 5.92 Å². The number of hydrogen-bond donors (Lipinski definition) is 2. The van der Waals surface area contributed by atoms with E-state index in [0.717, 1.165) is 17.7 Å². The molecule has 1 aromatic heterocycles. The number of nitrogens with zero attached hydrogens (tertiary/aromatic N) is 2. The highest BCUT2D eigenvalue weighted by molar-refractivity contribution is 7.14. The minimum absolute atomic E-state index is 0.0140. The van der Waals surface area contributed by atoms with E-state index >= 15 is 0 Å². The van der Waals surface area contributed by atoms with Gasteiger partial charge in [0.2, 0.25) is 17.7 Å². The molecule has 4 rings (SSSR count). The molecule has 32 heavy (non-hydrogen) atoms. The lowest BCUT2D eigenvalue weighted by Crippen LogP contribution is -2.30. The van der Waals surface area contributed by atoms with Gasteiger partial charge in [0, 0.05) is 43.1 Å². The molecule has 1 saturated heterocycles. The second-order valence-electron chi connectivity index (χ2n) is 7.76. The van der Waals surface area contributed by atoms with Gasteiger partial charge < -0.3 is 15.5 Å². The number of amides is 3. The van der Waals surface area contributed by atoms with E-state index in [1.54, 1.807) is 4.90 Å². The van der Waals surface area contributed by atoms with Crippen LogP contribution in [0.15, 0.2) is 60.0 Å². The fourth-order valence-corrected chi connectivity index (χ4v) is 4.39. The Hall–Kier alpha value is -3.52. The predicted molar refractivity (Wildman–Crippen MR) is 125 cm³/mol. The van der Waals surface area contributed by atoms with Gasteiger partial charge in [0.1, 0.15) is 0 Å². The van der Waals surface area contributed by atoms with E-state index in [-0.39, 0.29) is 30.1 Å². The standard InChI is InChI=1S/C24H24N4O3S/c1-16(29)25-20-9-7-18(8-10-20)21-15-32-24(26-21)27-23(31)19-13-22(30)28(14-19)12-11-17-5-3-2-4-6-17/h2-10,15,19H,11-14H2,1H3,(H,25,29)(H,26,27,31)/t19-/m0/s1. The first-order chi connectivity index (χ1) is 15.5. The lowest BCUT2D eigenvalue weighted by atomic mass is 10.1. The summed E-state index contributed by atoms with van der Waals surface area (Å²) < 4.78 is 0. The van der Waals surface area contributed by atoms with E-state index < -0.39 is 0 Å². The number of benzene rings is 2. The Labute approximate surface area is 190 Å². The molecule has 0 spiro atoms. The van der Waals surface area contributed by atoms with E-state index in [0.29, 0.717) is 23.9 Å². The van der Waals surface area contributed by atoms with Crippen molar-refractivity contribution in [1.29, 1.82) is 0 Å². The summed E-state index contributed by atoms with van der Waals surface area (Å²) in [5.74, 6) is -0.661. The van der Waals surface area contributed by atoms with Gasteiger partial charge in [0.05, 0.1) is 11.6 Å². The number of likely N-dealkylation sites (tertiary alicyclic amines) is 1. The van der Waals surface area contributed by atoms with E-state index in [1.165, 1.54) is 23.8 Å². The summed E-state index contributed by atoms with van der Waals surface area (Å²) in [5, 5.41) is 7.96. The van der Waals surface area contributed by atoms with Gasteiger partial charge in [0.15, 0.2) is 5.13 Å². The van der Waals surface area contributed by atoms with Crippen LogP contribution >= 0.6 is 11.3 Å². The van der Waals surface area contributed by atoms with Crippen molar-refractivity contribution in [2.24, 2.45) is 5.92 Å². The molecule has 1 aliphatic heterocycles. The molecule has 1 fully saturated rings. The van der Waals surface area contributed by atoms with Gasteiger partial charge >= 0.3 is 0 Å². The SMILES string of the molecule is CC(=O)Nc1ccc(-c2csc(NC(=O)[C@H]3CC(=O)N(CCc4ccccc4)C3)n2)cc1. The van der Waals surface area contributed by atoms with Crippen LogP contribution in [0.5, 0.6) is 0 Å². The van der Waals surface area contributed by atoms with Gasteiger partial charge in [-0.05, 0) is 24.1 Å². The molecule has 0 aliphatic carbocycles. The Balaban J connectivity index is 1.32. The van der Waals surface area contributed by atoms with Gasteiger partial charge in [-0.25, -0.2) is 4.98 Å². The van der Waals surface area contributed by atoms with Crippen LogP contribution in [0.25, 0.3) is 11.3 Å². The zero-order valence-corrected chi connectivity index (χ0v) is 18.5. The molecule has 3 aromatic rings. The summed E-state index contributed by atoms with van der Waals surface area (Å²) in [7, 11) is 0. The van der Waals surface area contributed by atoms with Crippen LogP contribution in [0.2, 0.25) is 0 Å². The number of carbonyl (C=O) groups is 3. The van der Waals surface area contributed by atoms with Crippen LogP contribution in [0.1, 0.15) is 18.9 Å². The molecular weight excluding hydrogens is 424 g/mol. The van der Waals surface area contributed by atoms with Crippen molar-refractivity contribution in [3.8, 4) is 11.3 Å². The number of anilines is 2. The number of aromatic nitrogens is 1. The number of nitrogens with one attached hydrogen (secondary N) is 2. The van der Waals surface area contributed by atoms with Gasteiger partial charge in [0.25, 0.3) is 0 Å². The molecular formula is C24H24N4O3S. The molecule has 1 aliphatic rings. The van der Waals surface area contributed by atoms with Crippen LogP contribution in [0.3, 0.4) is 0 Å². The fourth-order valence-electron chi connectivity index (χ4n) is 3.67. The van der Waals surface area contributed by atoms with E-state index in [1.807, 2.05) is 60.0 Å². The summed E-state index contributed by atoms with van der Waals surface area (Å²) in [6.07, 6.45) is 1.00. The Morgan fingerprint density at radius 1 is 1.09 bits per heavy atom. The van der Waals surface area contributed by atoms with E-state index in [9.17, 15) is 14.4 Å². The predicted octanol–water partition coefficient (Wildman–Crippen LogP) is 3.80. The summed E-state index contributed by atoms with van der Waals surface area (Å²) in [5.41, 5.74) is 3.52. The molecule has 8 heteroatoms. The third-order valence-corrected chi connectivity index (χ3v) is 6.09. The maximum Gasteiger partial charge on any atom is 0.231 e. The van der Waals surface area contributed by atoms with Crippen molar-refractivity contribution in [3.05, 3.63) is 65.5 Å². The molecule has 0 bridgehead atoms. The van der Waals surface area contributed by atoms with Gasteiger partial charge in [-0.15, -0.1) is 11.3 Å². The topological polar surface area (TPSA) is 91.4 Å². The van der Waals surface area contributed by atoms with Crippen molar-refractivity contribution >= 4 is 39.9 Å². The van der Waals surface area contributed by atoms with Crippen molar-refractivity contribution in [3.63, 3.8) is 0 Å². The fraction of sp³-hybridized carbons (Fsp3) is 0.250. The summed E-state index contributed by atoms with van der Waals surface area (Å²) in [6, 6.07) is 17.4. The molecule has 0 radical (unpaired) electrons. The zero-order chi connectivity index (χ0) is 22.5. The summed E-state index contributed by atoms with van der Waals surface area (Å²) in [6.45, 7) is 2.51. The molecule has 7 nitrogen and oxygen atoms in total. The largest absolute Gasteiger partial charge is 0.342 e. The zero-order valence-electron chi connectivity index (χ0n) is 17.7. The van der Waals surface area contributed by atoms with E-state index in [4.69, 9.17) is 0 Å². The second-order valence-corrected chi connectivity index (χ2v) is 8.62. The summed E-state index contributed by atoms with van der Waals surface area (Å²) >= 11 is 1.34. The molecule has 0 saturated carbocycles. The third-order valence-electron chi connectivity index (χ3n) is 5.33. The highest BCUT2D eigenvalue weighted by Gasteiger charge is 2.34. The minimum Gasteiger partial charge on any atom is -0.342 e. The number of thiazole rings is 1. The van der Waals surface area contributed by atoms with Crippen LogP contribution < -0.4 is 10.6 Å². The van der Waals surface area contributed by atoms with Crippen molar-refractivity contribution < 1.29 is 14.4 Å². The average molecular weight is 449 g/mol. The average Bonchev–Trinajstić information content (AvgIpc) is 3.40. The Kier molecular flexibility index (Phi) is 6.61. The normalized spacial score (nSPS) is 15.6.